The molecule has 2 atom stereocenters. The van der Waals surface area contributed by atoms with Crippen LogP contribution in [0, 0.1) is 12.8 Å². The van der Waals surface area contributed by atoms with Crippen molar-refractivity contribution in [3.05, 3.63) is 15.6 Å². The molecule has 0 spiro atoms. The number of hydrogen-bond acceptors (Lipinski definition) is 6. The van der Waals surface area contributed by atoms with E-state index >= 15 is 0 Å². The molecule has 1 fully saturated rings. The Bertz CT molecular complexity index is 646. The molecule has 8 heteroatoms. The number of esters is 1. The lowest BCUT2D eigenvalue weighted by molar-refractivity contribution is 0.0531. The normalized spacial score (nSPS) is 19.1. The third kappa shape index (κ3) is 6.17. The quantitative estimate of drug-likeness (QED) is 0.400. The number of aromatic nitrogens is 1. The van der Waals surface area contributed by atoms with Gasteiger partial charge in [0.05, 0.1) is 18.3 Å². The summed E-state index contributed by atoms with van der Waals surface area (Å²) in [6, 6.07) is -0.0387. The molecule has 152 valence electrons. The van der Waals surface area contributed by atoms with E-state index in [1.165, 1.54) is 37.3 Å². The first-order chi connectivity index (χ1) is 13.0. The highest BCUT2D eigenvalue weighted by Gasteiger charge is 2.23. The first-order valence-electron chi connectivity index (χ1n) is 9.82. The summed E-state index contributed by atoms with van der Waals surface area (Å²) < 4.78 is 5.10. The summed E-state index contributed by atoms with van der Waals surface area (Å²) >= 11 is 1.38. The minimum Gasteiger partial charge on any atom is -0.462 e. The molecule has 0 saturated carbocycles. The molecule has 2 heterocycles. The van der Waals surface area contributed by atoms with E-state index in [1.54, 1.807) is 14.0 Å². The third-order valence-electron chi connectivity index (χ3n) is 4.69. The van der Waals surface area contributed by atoms with E-state index in [9.17, 15) is 4.79 Å². The van der Waals surface area contributed by atoms with Gasteiger partial charge in [-0.1, -0.05) is 6.92 Å². The predicted molar refractivity (Wildman–Crippen MR) is 111 cm³/mol. The highest BCUT2D eigenvalue weighted by molar-refractivity contribution is 7.13. The van der Waals surface area contributed by atoms with Crippen molar-refractivity contribution in [3.63, 3.8) is 0 Å². The zero-order valence-corrected chi connectivity index (χ0v) is 18.0. The molecule has 27 heavy (non-hydrogen) atoms. The van der Waals surface area contributed by atoms with Crippen LogP contribution in [-0.4, -0.2) is 61.6 Å². The second-order valence-electron chi connectivity index (χ2n) is 6.96. The highest BCUT2D eigenvalue weighted by Crippen LogP contribution is 2.24. The number of nitrogens with zero attached hydrogens (tertiary/aromatic N) is 3. The summed E-state index contributed by atoms with van der Waals surface area (Å²) in [6.07, 6.45) is 2.44. The zero-order valence-electron chi connectivity index (χ0n) is 17.2. The number of aliphatic imine (C=N–C) groups is 1. The van der Waals surface area contributed by atoms with Crippen LogP contribution in [0.4, 0.5) is 0 Å². The van der Waals surface area contributed by atoms with Crippen LogP contribution in [0.5, 0.6) is 0 Å². The Morgan fingerprint density at radius 2 is 2.26 bits per heavy atom. The van der Waals surface area contributed by atoms with Crippen molar-refractivity contribution >= 4 is 23.3 Å². The van der Waals surface area contributed by atoms with Crippen LogP contribution in [-0.2, 0) is 4.74 Å². The van der Waals surface area contributed by atoms with E-state index < -0.39 is 0 Å². The van der Waals surface area contributed by atoms with Crippen molar-refractivity contribution in [1.82, 2.24) is 20.5 Å². The number of rotatable bonds is 8. The molecule has 1 aromatic rings. The molecule has 1 aliphatic rings. The van der Waals surface area contributed by atoms with E-state index in [2.05, 4.69) is 32.4 Å². The molecule has 0 aliphatic carbocycles. The number of carbonyl (C=O) groups is 1. The lowest BCUT2D eigenvalue weighted by atomic mass is 10.1. The fourth-order valence-electron chi connectivity index (χ4n) is 3.29. The van der Waals surface area contributed by atoms with Gasteiger partial charge in [-0.15, -0.1) is 11.3 Å². The number of hydrogen-bond donors (Lipinski definition) is 2. The van der Waals surface area contributed by atoms with Crippen LogP contribution >= 0.6 is 11.3 Å². The average molecular weight is 396 g/mol. The standard InChI is InChI=1S/C19H33N5O2S/c1-6-9-24-10-8-15(12-24)11-21-19(20-5)23-14(4)17-22-13(3)16(27-17)18(25)26-7-2/h14-15H,6-12H2,1-5H3,(H2,20,21,23). The van der Waals surface area contributed by atoms with Gasteiger partial charge < -0.3 is 20.3 Å². The van der Waals surface area contributed by atoms with E-state index in [0.717, 1.165) is 24.1 Å². The van der Waals surface area contributed by atoms with Crippen LogP contribution in [0.3, 0.4) is 0 Å². The van der Waals surface area contributed by atoms with Gasteiger partial charge >= 0.3 is 5.97 Å². The summed E-state index contributed by atoms with van der Waals surface area (Å²) in [5.74, 6) is 1.12. The molecule has 1 aliphatic heterocycles. The van der Waals surface area contributed by atoms with Crippen molar-refractivity contribution in [2.24, 2.45) is 10.9 Å². The largest absolute Gasteiger partial charge is 0.462 e. The number of ether oxygens (including phenoxy) is 1. The minimum atomic E-state index is -0.300. The molecule has 1 aromatic heterocycles. The minimum absolute atomic E-state index is 0.0387. The van der Waals surface area contributed by atoms with E-state index in [4.69, 9.17) is 4.74 Å². The maximum absolute atomic E-state index is 12.0. The SMILES string of the molecule is CCCN1CCC(CNC(=NC)NC(C)c2nc(C)c(C(=O)OCC)s2)C1. The zero-order chi connectivity index (χ0) is 19.8. The Labute approximate surface area is 166 Å². The topological polar surface area (TPSA) is 78.9 Å². The maximum atomic E-state index is 12.0. The van der Waals surface area contributed by atoms with Gasteiger partial charge in [-0.05, 0) is 52.6 Å². The summed E-state index contributed by atoms with van der Waals surface area (Å²) in [5.41, 5.74) is 0.715. The summed E-state index contributed by atoms with van der Waals surface area (Å²) in [6.45, 7) is 12.7. The molecule has 2 unspecified atom stereocenters. The van der Waals surface area contributed by atoms with Gasteiger partial charge in [0.2, 0.25) is 0 Å². The van der Waals surface area contributed by atoms with E-state index in [0.29, 0.717) is 23.1 Å². The Kier molecular flexibility index (Phi) is 8.50. The van der Waals surface area contributed by atoms with Gasteiger partial charge in [0.15, 0.2) is 5.96 Å². The number of likely N-dealkylation sites (tertiary alicyclic amines) is 1. The molecule has 0 bridgehead atoms. The molecule has 2 N–H and O–H groups in total. The predicted octanol–water partition coefficient (Wildman–Crippen LogP) is 2.59. The Morgan fingerprint density at radius 1 is 1.48 bits per heavy atom. The van der Waals surface area contributed by atoms with Gasteiger partial charge in [0.1, 0.15) is 9.88 Å². The molecular formula is C19H33N5O2S. The third-order valence-corrected chi connectivity index (χ3v) is 6.01. The van der Waals surface area contributed by atoms with Crippen molar-refractivity contribution in [2.45, 2.75) is 46.6 Å². The average Bonchev–Trinajstić information content (AvgIpc) is 3.25. The summed E-state index contributed by atoms with van der Waals surface area (Å²) in [4.78, 5) is 24.0. The van der Waals surface area contributed by atoms with E-state index in [-0.39, 0.29) is 12.0 Å². The van der Waals surface area contributed by atoms with Gasteiger partial charge in [0, 0.05) is 20.1 Å². The molecule has 1 saturated heterocycles. The molecule has 0 amide bonds. The monoisotopic (exact) mass is 395 g/mol. The molecule has 7 nitrogen and oxygen atoms in total. The fourth-order valence-corrected chi connectivity index (χ4v) is 4.25. The van der Waals surface area contributed by atoms with Gasteiger partial charge in [-0.3, -0.25) is 4.99 Å². The Hall–Kier alpha value is -1.67. The number of carbonyl (C=O) groups excluding carboxylic acids is 1. The second kappa shape index (κ2) is 10.6. The van der Waals surface area contributed by atoms with Gasteiger partial charge in [-0.25, -0.2) is 9.78 Å². The number of aryl methyl sites for hydroxylation is 1. The lowest BCUT2D eigenvalue weighted by Gasteiger charge is -2.19. The number of thiazole rings is 1. The lowest BCUT2D eigenvalue weighted by Crippen LogP contribution is -2.41. The molecule has 0 aromatic carbocycles. The number of guanidine groups is 1. The Morgan fingerprint density at radius 3 is 2.93 bits per heavy atom. The van der Waals surface area contributed by atoms with Crippen molar-refractivity contribution < 1.29 is 9.53 Å². The first-order valence-corrected chi connectivity index (χ1v) is 10.6. The van der Waals surface area contributed by atoms with Crippen LogP contribution < -0.4 is 10.6 Å². The van der Waals surface area contributed by atoms with Crippen molar-refractivity contribution in [2.75, 3.05) is 39.8 Å². The molecule has 2 rings (SSSR count). The van der Waals surface area contributed by atoms with Crippen molar-refractivity contribution in [1.29, 1.82) is 0 Å². The molecule has 0 radical (unpaired) electrons. The summed E-state index contributed by atoms with van der Waals surface area (Å²) in [7, 11) is 1.78. The first kappa shape index (κ1) is 21.6. The molecular weight excluding hydrogens is 362 g/mol. The van der Waals surface area contributed by atoms with Crippen LogP contribution in [0.1, 0.15) is 60.0 Å². The van der Waals surface area contributed by atoms with Gasteiger partial charge in [0.25, 0.3) is 0 Å². The van der Waals surface area contributed by atoms with Crippen molar-refractivity contribution in [3.8, 4) is 0 Å². The van der Waals surface area contributed by atoms with Crippen LogP contribution in [0.25, 0.3) is 0 Å². The van der Waals surface area contributed by atoms with Crippen LogP contribution in [0.15, 0.2) is 4.99 Å². The van der Waals surface area contributed by atoms with E-state index in [1.807, 2.05) is 13.8 Å². The van der Waals surface area contributed by atoms with Gasteiger partial charge in [-0.2, -0.15) is 0 Å². The Balaban J connectivity index is 1.87. The van der Waals surface area contributed by atoms with Crippen LogP contribution in [0.2, 0.25) is 0 Å². The highest BCUT2D eigenvalue weighted by atomic mass is 32.1. The fraction of sp³-hybridized carbons (Fsp3) is 0.737. The number of nitrogens with one attached hydrogen (secondary N) is 2. The smallest absolute Gasteiger partial charge is 0.350 e. The summed E-state index contributed by atoms with van der Waals surface area (Å²) in [5, 5.41) is 7.67. The maximum Gasteiger partial charge on any atom is 0.350 e. The second-order valence-corrected chi connectivity index (χ2v) is 7.99.